The molecule has 1 fully saturated rings. The second-order valence-electron chi connectivity index (χ2n) is 8.01. The molecule has 0 atom stereocenters. The van der Waals surface area contributed by atoms with E-state index in [0.29, 0.717) is 19.3 Å². The van der Waals surface area contributed by atoms with E-state index in [4.69, 9.17) is 14.2 Å². The van der Waals surface area contributed by atoms with Crippen molar-refractivity contribution in [3.8, 4) is 0 Å². The van der Waals surface area contributed by atoms with Crippen LogP contribution in [0.15, 0.2) is 24.3 Å². The Morgan fingerprint density at radius 2 is 1.55 bits per heavy atom. The van der Waals surface area contributed by atoms with E-state index in [2.05, 4.69) is 0 Å². The van der Waals surface area contributed by atoms with Crippen molar-refractivity contribution in [1.82, 2.24) is 0 Å². The highest BCUT2D eigenvalue weighted by Crippen LogP contribution is 2.40. The largest absolute Gasteiger partial charge is 0.453 e. The predicted molar refractivity (Wildman–Crippen MR) is 103 cm³/mol. The van der Waals surface area contributed by atoms with Gasteiger partial charge in [0.2, 0.25) is 0 Å². The smallest absolute Gasteiger partial charge is 0.345 e. The second kappa shape index (κ2) is 9.85. The van der Waals surface area contributed by atoms with E-state index in [0.717, 1.165) is 24.8 Å². The third-order valence-electron chi connectivity index (χ3n) is 5.45. The first-order valence-electron chi connectivity index (χ1n) is 9.99. The molecule has 29 heavy (non-hydrogen) atoms. The Labute approximate surface area is 170 Å². The van der Waals surface area contributed by atoms with Crippen molar-refractivity contribution in [2.24, 2.45) is 5.41 Å². The molecule has 0 spiro atoms. The molecule has 6 nitrogen and oxygen atoms in total. The van der Waals surface area contributed by atoms with Gasteiger partial charge in [-0.25, -0.2) is 14.0 Å². The molecule has 1 saturated carbocycles. The van der Waals surface area contributed by atoms with Gasteiger partial charge >= 0.3 is 17.9 Å². The zero-order valence-corrected chi connectivity index (χ0v) is 17.3. The van der Waals surface area contributed by atoms with Crippen LogP contribution in [0.1, 0.15) is 64.9 Å². The summed E-state index contributed by atoms with van der Waals surface area (Å²) in [6.45, 7) is 4.15. The number of hydrogen-bond donors (Lipinski definition) is 0. The van der Waals surface area contributed by atoms with E-state index >= 15 is 0 Å². The van der Waals surface area contributed by atoms with Gasteiger partial charge < -0.3 is 14.2 Å². The molecule has 1 aliphatic carbocycles. The highest BCUT2D eigenvalue weighted by molar-refractivity contribution is 5.81. The van der Waals surface area contributed by atoms with Crippen LogP contribution in [-0.4, -0.2) is 31.1 Å². The second-order valence-corrected chi connectivity index (χ2v) is 8.01. The fourth-order valence-corrected chi connectivity index (χ4v) is 3.22. The molecule has 7 heteroatoms. The summed E-state index contributed by atoms with van der Waals surface area (Å²) in [7, 11) is 0. The molecule has 160 valence electrons. The Balaban J connectivity index is 1.89. The summed E-state index contributed by atoms with van der Waals surface area (Å²) in [6, 6.07) is 5.92. The minimum atomic E-state index is -0.840. The lowest BCUT2D eigenvalue weighted by Crippen LogP contribution is -2.36. The molecule has 1 aliphatic rings. The third-order valence-corrected chi connectivity index (χ3v) is 5.45. The van der Waals surface area contributed by atoms with Crippen LogP contribution >= 0.6 is 0 Å². The molecule has 0 saturated heterocycles. The van der Waals surface area contributed by atoms with Crippen molar-refractivity contribution >= 4 is 17.9 Å². The van der Waals surface area contributed by atoms with E-state index in [1.807, 2.05) is 6.92 Å². The molecule has 0 unspecified atom stereocenters. The standard InChI is InChI=1S/C22H29FO6/c1-4-21(2,3)20(26)28-14-18(24)27-15-19(25)29-22(12-6-5-7-13-22)16-8-10-17(23)11-9-16/h8-11H,4-7,12-15H2,1-3H3. The molecule has 0 aliphatic heterocycles. The highest BCUT2D eigenvalue weighted by atomic mass is 19.1. The number of ether oxygens (including phenoxy) is 3. The van der Waals surface area contributed by atoms with Crippen LogP contribution in [0.5, 0.6) is 0 Å². The predicted octanol–water partition coefficient (Wildman–Crippen LogP) is 4.05. The minimum absolute atomic E-state index is 0.360. The molecule has 1 aromatic rings. The van der Waals surface area contributed by atoms with Crippen LogP contribution in [0, 0.1) is 11.2 Å². The lowest BCUT2D eigenvalue weighted by Gasteiger charge is -2.37. The topological polar surface area (TPSA) is 78.9 Å². The van der Waals surface area contributed by atoms with Gasteiger partial charge in [-0.15, -0.1) is 0 Å². The molecule has 0 bridgehead atoms. The van der Waals surface area contributed by atoms with Gasteiger partial charge in [0.25, 0.3) is 0 Å². The fourth-order valence-electron chi connectivity index (χ4n) is 3.22. The highest BCUT2D eigenvalue weighted by Gasteiger charge is 2.38. The maximum Gasteiger partial charge on any atom is 0.345 e. The molecule has 0 heterocycles. The summed E-state index contributed by atoms with van der Waals surface area (Å²) in [6.07, 6.45) is 4.62. The SMILES string of the molecule is CCC(C)(C)C(=O)OCC(=O)OCC(=O)OC1(c2ccc(F)cc2)CCCCC1. The molecule has 0 N–H and O–H groups in total. The van der Waals surface area contributed by atoms with Gasteiger partial charge in [0.1, 0.15) is 11.4 Å². The third kappa shape index (κ3) is 6.27. The van der Waals surface area contributed by atoms with Crippen molar-refractivity contribution in [2.45, 2.75) is 64.9 Å². The van der Waals surface area contributed by atoms with Crippen molar-refractivity contribution in [2.75, 3.05) is 13.2 Å². The average molecular weight is 408 g/mol. The van der Waals surface area contributed by atoms with E-state index in [1.54, 1.807) is 26.0 Å². The first kappa shape index (κ1) is 22.8. The lowest BCUT2D eigenvalue weighted by molar-refractivity contribution is -0.177. The van der Waals surface area contributed by atoms with Crippen LogP contribution in [0.4, 0.5) is 4.39 Å². The van der Waals surface area contributed by atoms with Crippen LogP contribution in [0.2, 0.25) is 0 Å². The average Bonchev–Trinajstić information content (AvgIpc) is 2.71. The Morgan fingerprint density at radius 1 is 0.966 bits per heavy atom. The van der Waals surface area contributed by atoms with E-state index in [9.17, 15) is 18.8 Å². The first-order chi connectivity index (χ1) is 13.7. The van der Waals surface area contributed by atoms with Crippen molar-refractivity contribution < 1.29 is 33.0 Å². The maximum absolute atomic E-state index is 13.3. The summed E-state index contributed by atoms with van der Waals surface area (Å²) in [5.74, 6) is -2.37. The number of hydrogen-bond acceptors (Lipinski definition) is 6. The molecule has 0 radical (unpaired) electrons. The maximum atomic E-state index is 13.3. The van der Waals surface area contributed by atoms with Crippen LogP contribution < -0.4 is 0 Å². The normalized spacial score (nSPS) is 16.0. The number of rotatable bonds is 8. The molecule has 0 aromatic heterocycles. The van der Waals surface area contributed by atoms with Crippen LogP contribution in [-0.2, 0) is 34.2 Å². The first-order valence-corrected chi connectivity index (χ1v) is 9.99. The number of esters is 3. The summed E-state index contributed by atoms with van der Waals surface area (Å²) in [5, 5.41) is 0. The number of carbonyl (C=O) groups is 3. The molecule has 2 rings (SSSR count). The fraction of sp³-hybridized carbons (Fsp3) is 0.591. The summed E-state index contributed by atoms with van der Waals surface area (Å²) in [5.41, 5.74) is -0.802. The molecule has 0 amide bonds. The van der Waals surface area contributed by atoms with Gasteiger partial charge in [0.15, 0.2) is 13.2 Å². The van der Waals surface area contributed by atoms with Gasteiger partial charge in [-0.05, 0) is 63.6 Å². The molecular weight excluding hydrogens is 379 g/mol. The lowest BCUT2D eigenvalue weighted by atomic mass is 9.79. The van der Waals surface area contributed by atoms with E-state index in [1.165, 1.54) is 12.1 Å². The summed E-state index contributed by atoms with van der Waals surface area (Å²) >= 11 is 0. The van der Waals surface area contributed by atoms with E-state index in [-0.39, 0.29) is 5.82 Å². The van der Waals surface area contributed by atoms with Crippen LogP contribution in [0.25, 0.3) is 0 Å². The Bertz CT molecular complexity index is 719. The zero-order valence-electron chi connectivity index (χ0n) is 17.3. The quantitative estimate of drug-likeness (QED) is 0.477. The Morgan fingerprint density at radius 3 is 2.14 bits per heavy atom. The van der Waals surface area contributed by atoms with Crippen molar-refractivity contribution in [3.05, 3.63) is 35.6 Å². The van der Waals surface area contributed by atoms with Gasteiger partial charge in [-0.2, -0.15) is 0 Å². The zero-order chi connectivity index (χ0) is 21.5. The van der Waals surface area contributed by atoms with Crippen molar-refractivity contribution in [3.63, 3.8) is 0 Å². The number of carbonyl (C=O) groups excluding carboxylic acids is 3. The summed E-state index contributed by atoms with van der Waals surface area (Å²) in [4.78, 5) is 36.0. The molecule has 1 aromatic carbocycles. The van der Waals surface area contributed by atoms with Gasteiger partial charge in [0.05, 0.1) is 5.41 Å². The number of benzene rings is 1. The number of halogens is 1. The Hall–Kier alpha value is -2.44. The molecular formula is C22H29FO6. The monoisotopic (exact) mass is 408 g/mol. The Kier molecular flexibility index (Phi) is 7.76. The van der Waals surface area contributed by atoms with E-state index < -0.39 is 42.1 Å². The minimum Gasteiger partial charge on any atom is -0.453 e. The summed E-state index contributed by atoms with van der Waals surface area (Å²) < 4.78 is 28.8. The van der Waals surface area contributed by atoms with Gasteiger partial charge in [-0.3, -0.25) is 4.79 Å². The van der Waals surface area contributed by atoms with Gasteiger partial charge in [0, 0.05) is 0 Å². The van der Waals surface area contributed by atoms with Crippen LogP contribution in [0.3, 0.4) is 0 Å². The van der Waals surface area contributed by atoms with Gasteiger partial charge in [-0.1, -0.05) is 25.5 Å². The van der Waals surface area contributed by atoms with Crippen molar-refractivity contribution in [1.29, 1.82) is 0 Å².